The van der Waals surface area contributed by atoms with Crippen LogP contribution in [-0.4, -0.2) is 28.7 Å². The lowest BCUT2D eigenvalue weighted by molar-refractivity contribution is 0.0454. The van der Waals surface area contributed by atoms with Crippen molar-refractivity contribution in [1.82, 2.24) is 10.2 Å². The Labute approximate surface area is 79.9 Å². The fourth-order valence-corrected chi connectivity index (χ4v) is 1.91. The largest absolute Gasteiger partial charge is 0.379 e. The lowest BCUT2D eigenvalue weighted by Gasteiger charge is -2.24. The van der Waals surface area contributed by atoms with E-state index in [4.69, 9.17) is 10.00 Å². The highest BCUT2D eigenvalue weighted by Crippen LogP contribution is 2.27. The van der Waals surface area contributed by atoms with Gasteiger partial charge < -0.3 is 4.74 Å². The van der Waals surface area contributed by atoms with Gasteiger partial charge in [-0.25, -0.2) is 0 Å². The van der Waals surface area contributed by atoms with Crippen LogP contribution in [0.15, 0.2) is 17.3 Å². The molecule has 5 heteroatoms. The Bertz CT molecular complexity index is 345. The summed E-state index contributed by atoms with van der Waals surface area (Å²) in [4.78, 5) is 0. The molecule has 0 bridgehead atoms. The van der Waals surface area contributed by atoms with E-state index >= 15 is 0 Å². The Balaban J connectivity index is 2.14. The molecule has 0 N–H and O–H groups in total. The number of hydrogen-bond acceptors (Lipinski definition) is 5. The lowest BCUT2D eigenvalue weighted by atomic mass is 10.3. The summed E-state index contributed by atoms with van der Waals surface area (Å²) in [7, 11) is 0. The van der Waals surface area contributed by atoms with Gasteiger partial charge in [-0.05, 0) is 6.07 Å². The topological polar surface area (TPSA) is 58.8 Å². The van der Waals surface area contributed by atoms with Gasteiger partial charge in [0.25, 0.3) is 0 Å². The van der Waals surface area contributed by atoms with Gasteiger partial charge in [0.1, 0.15) is 11.1 Å². The Morgan fingerprint density at radius 2 is 2.46 bits per heavy atom. The molecule has 0 amide bonds. The molecule has 2 rings (SSSR count). The average Bonchev–Trinajstić information content (AvgIpc) is 2.12. The van der Waals surface area contributed by atoms with Gasteiger partial charge in [0.2, 0.25) is 0 Å². The molecule has 1 fully saturated rings. The van der Waals surface area contributed by atoms with Crippen molar-refractivity contribution < 1.29 is 4.74 Å². The fraction of sp³-hybridized carbons (Fsp3) is 0.375. The zero-order valence-electron chi connectivity index (χ0n) is 6.80. The summed E-state index contributed by atoms with van der Waals surface area (Å²) in [5, 5.41) is 17.5. The maximum Gasteiger partial charge on any atom is 0.137 e. The minimum absolute atomic E-state index is 0.434. The van der Waals surface area contributed by atoms with E-state index in [1.54, 1.807) is 17.8 Å². The average molecular weight is 193 g/mol. The quantitative estimate of drug-likeness (QED) is 0.696. The van der Waals surface area contributed by atoms with Gasteiger partial charge in [-0.15, -0.1) is 5.10 Å². The van der Waals surface area contributed by atoms with Crippen molar-refractivity contribution in [2.24, 2.45) is 0 Å². The van der Waals surface area contributed by atoms with Crippen molar-refractivity contribution in [2.45, 2.75) is 10.3 Å². The zero-order valence-corrected chi connectivity index (χ0v) is 7.62. The van der Waals surface area contributed by atoms with Crippen molar-refractivity contribution in [3.63, 3.8) is 0 Å². The summed E-state index contributed by atoms with van der Waals surface area (Å²) < 4.78 is 5.03. The van der Waals surface area contributed by atoms with Gasteiger partial charge in [-0.2, -0.15) is 10.4 Å². The SMILES string of the molecule is N#Cc1ccnnc1SC1COC1. The first-order chi connectivity index (χ1) is 6.40. The molecule has 1 aliphatic heterocycles. The summed E-state index contributed by atoms with van der Waals surface area (Å²) in [6.45, 7) is 1.48. The zero-order chi connectivity index (χ0) is 9.10. The minimum atomic E-state index is 0.434. The molecule has 4 nitrogen and oxygen atoms in total. The highest BCUT2D eigenvalue weighted by atomic mass is 32.2. The van der Waals surface area contributed by atoms with E-state index in [9.17, 15) is 0 Å². The third-order valence-corrected chi connectivity index (χ3v) is 2.82. The second-order valence-corrected chi connectivity index (χ2v) is 3.93. The molecule has 0 atom stereocenters. The maximum atomic E-state index is 8.76. The van der Waals surface area contributed by atoms with E-state index in [2.05, 4.69) is 16.3 Å². The van der Waals surface area contributed by atoms with Crippen LogP contribution >= 0.6 is 11.8 Å². The molecule has 0 unspecified atom stereocenters. The van der Waals surface area contributed by atoms with Crippen molar-refractivity contribution in [1.29, 1.82) is 5.26 Å². The summed E-state index contributed by atoms with van der Waals surface area (Å²) in [6.07, 6.45) is 1.53. The number of rotatable bonds is 2. The maximum absolute atomic E-state index is 8.76. The van der Waals surface area contributed by atoms with Crippen LogP contribution in [-0.2, 0) is 4.74 Å². The molecule has 1 saturated heterocycles. The van der Waals surface area contributed by atoms with Crippen LogP contribution in [0.5, 0.6) is 0 Å². The van der Waals surface area contributed by atoms with Crippen LogP contribution in [0.3, 0.4) is 0 Å². The number of ether oxygens (including phenoxy) is 1. The van der Waals surface area contributed by atoms with Crippen LogP contribution in [0.4, 0.5) is 0 Å². The monoisotopic (exact) mass is 193 g/mol. The van der Waals surface area contributed by atoms with E-state index in [-0.39, 0.29) is 0 Å². The second-order valence-electron chi connectivity index (χ2n) is 2.64. The van der Waals surface area contributed by atoms with Crippen molar-refractivity contribution >= 4 is 11.8 Å². The predicted octanol–water partition coefficient (Wildman–Crippen LogP) is 0.839. The highest BCUT2D eigenvalue weighted by molar-refractivity contribution is 8.00. The number of aromatic nitrogens is 2. The van der Waals surface area contributed by atoms with Gasteiger partial charge in [-0.3, -0.25) is 0 Å². The molecule has 0 radical (unpaired) electrons. The van der Waals surface area contributed by atoms with Crippen molar-refractivity contribution in [3.8, 4) is 6.07 Å². The van der Waals surface area contributed by atoms with Crippen LogP contribution in [0.1, 0.15) is 5.56 Å². The van der Waals surface area contributed by atoms with E-state index in [0.717, 1.165) is 13.2 Å². The minimum Gasteiger partial charge on any atom is -0.379 e. The van der Waals surface area contributed by atoms with E-state index in [1.807, 2.05) is 0 Å². The molecule has 2 heterocycles. The molecule has 66 valence electrons. The number of hydrogen-bond donors (Lipinski definition) is 0. The van der Waals surface area contributed by atoms with Gasteiger partial charge in [-0.1, -0.05) is 11.8 Å². The van der Waals surface area contributed by atoms with Gasteiger partial charge in [0, 0.05) is 0 Å². The van der Waals surface area contributed by atoms with Gasteiger partial charge in [0.05, 0.1) is 30.2 Å². The van der Waals surface area contributed by atoms with Crippen LogP contribution in [0.25, 0.3) is 0 Å². The normalized spacial score (nSPS) is 16.2. The summed E-state index contributed by atoms with van der Waals surface area (Å²) >= 11 is 1.56. The molecule has 0 aliphatic carbocycles. The number of nitriles is 1. The number of thioether (sulfide) groups is 1. The molecule has 13 heavy (non-hydrogen) atoms. The number of nitrogens with zero attached hydrogens (tertiary/aromatic N) is 3. The van der Waals surface area contributed by atoms with E-state index in [0.29, 0.717) is 15.8 Å². The molecule has 0 aromatic carbocycles. The van der Waals surface area contributed by atoms with E-state index in [1.165, 1.54) is 6.20 Å². The highest BCUT2D eigenvalue weighted by Gasteiger charge is 2.21. The van der Waals surface area contributed by atoms with Crippen molar-refractivity contribution in [3.05, 3.63) is 17.8 Å². The molecule has 0 saturated carbocycles. The molecule has 0 spiro atoms. The van der Waals surface area contributed by atoms with E-state index < -0.39 is 0 Å². The molecule has 1 aromatic rings. The smallest absolute Gasteiger partial charge is 0.137 e. The standard InChI is InChI=1S/C8H7N3OS/c9-3-6-1-2-10-11-8(6)13-7-4-12-5-7/h1-2,7H,4-5H2. The third-order valence-electron chi connectivity index (χ3n) is 1.69. The Morgan fingerprint density at radius 3 is 3.08 bits per heavy atom. The van der Waals surface area contributed by atoms with Crippen LogP contribution in [0, 0.1) is 11.3 Å². The van der Waals surface area contributed by atoms with Gasteiger partial charge in [0.15, 0.2) is 0 Å². The predicted molar refractivity (Wildman–Crippen MR) is 47.2 cm³/mol. The third kappa shape index (κ3) is 1.79. The van der Waals surface area contributed by atoms with Crippen LogP contribution in [0.2, 0.25) is 0 Å². The second kappa shape index (κ2) is 3.73. The first-order valence-corrected chi connectivity index (χ1v) is 4.74. The Hall–Kier alpha value is -1.12. The lowest BCUT2D eigenvalue weighted by Crippen LogP contribution is -2.30. The molecule has 1 aromatic heterocycles. The van der Waals surface area contributed by atoms with Gasteiger partial charge >= 0.3 is 0 Å². The molecule has 1 aliphatic rings. The summed E-state index contributed by atoms with van der Waals surface area (Å²) in [5.74, 6) is 0. The Morgan fingerprint density at radius 1 is 1.62 bits per heavy atom. The summed E-state index contributed by atoms with van der Waals surface area (Å²) in [6, 6.07) is 3.76. The first kappa shape index (κ1) is 8.48. The molecular weight excluding hydrogens is 186 g/mol. The fourth-order valence-electron chi connectivity index (χ4n) is 0.931. The Kier molecular flexibility index (Phi) is 2.43. The van der Waals surface area contributed by atoms with Crippen molar-refractivity contribution in [2.75, 3.05) is 13.2 Å². The summed E-state index contributed by atoms with van der Waals surface area (Å²) in [5.41, 5.74) is 0.590. The first-order valence-electron chi connectivity index (χ1n) is 3.86. The molecular formula is C8H7N3OS. The van der Waals surface area contributed by atoms with Crippen LogP contribution < -0.4 is 0 Å².